The highest BCUT2D eigenvalue weighted by atomic mass is 16.5. The van der Waals surface area contributed by atoms with Crippen molar-refractivity contribution in [2.75, 3.05) is 6.61 Å². The van der Waals surface area contributed by atoms with Gasteiger partial charge in [0.1, 0.15) is 6.61 Å². The largest absolute Gasteiger partial charge is 0.372 e. The van der Waals surface area contributed by atoms with Crippen molar-refractivity contribution in [1.29, 1.82) is 0 Å². The fourth-order valence-corrected chi connectivity index (χ4v) is 1.21. The molecule has 60 valence electrons. The van der Waals surface area contributed by atoms with E-state index >= 15 is 0 Å². The van der Waals surface area contributed by atoms with Crippen molar-refractivity contribution in [3.63, 3.8) is 0 Å². The number of ether oxygens (including phenoxy) is 1. The first kappa shape index (κ1) is 6.60. The lowest BCUT2D eigenvalue weighted by atomic mass is 10.5. The number of rotatable bonds is 0. The molecule has 5 heteroatoms. The maximum atomic E-state index is 11.2. The van der Waals surface area contributed by atoms with Crippen molar-refractivity contribution in [3.8, 4) is 0 Å². The molecule has 0 spiro atoms. The Bertz CT molecular complexity index is 325. The highest BCUT2D eigenvalue weighted by Gasteiger charge is 2.14. The second-order valence-electron chi connectivity index (χ2n) is 2.53. The third-order valence-electron chi connectivity index (χ3n) is 1.78. The highest BCUT2D eigenvalue weighted by molar-refractivity contribution is 4.87. The van der Waals surface area contributed by atoms with Crippen LogP contribution in [0.5, 0.6) is 0 Å². The SMILES string of the molecule is Cn1nc2n(c1=O)CCOC2. The van der Waals surface area contributed by atoms with E-state index in [-0.39, 0.29) is 5.69 Å². The van der Waals surface area contributed by atoms with Gasteiger partial charge in [-0.2, -0.15) is 5.10 Å². The van der Waals surface area contributed by atoms with Gasteiger partial charge in [-0.15, -0.1) is 0 Å². The van der Waals surface area contributed by atoms with E-state index in [0.717, 1.165) is 5.82 Å². The summed E-state index contributed by atoms with van der Waals surface area (Å²) < 4.78 is 8.11. The molecule has 2 heterocycles. The molecular formula is C6H9N3O2. The summed E-state index contributed by atoms with van der Waals surface area (Å²) >= 11 is 0. The van der Waals surface area contributed by atoms with E-state index in [1.54, 1.807) is 11.6 Å². The van der Waals surface area contributed by atoms with E-state index in [9.17, 15) is 4.79 Å². The number of hydrogen-bond donors (Lipinski definition) is 0. The molecule has 11 heavy (non-hydrogen) atoms. The molecule has 0 saturated carbocycles. The molecule has 0 amide bonds. The van der Waals surface area contributed by atoms with Gasteiger partial charge < -0.3 is 4.74 Å². The number of aryl methyl sites for hydroxylation is 1. The third kappa shape index (κ3) is 0.883. The van der Waals surface area contributed by atoms with Gasteiger partial charge in [-0.3, -0.25) is 4.57 Å². The van der Waals surface area contributed by atoms with Gasteiger partial charge >= 0.3 is 5.69 Å². The van der Waals surface area contributed by atoms with Crippen molar-refractivity contribution in [2.24, 2.45) is 7.05 Å². The summed E-state index contributed by atoms with van der Waals surface area (Å²) in [4.78, 5) is 11.2. The summed E-state index contributed by atoms with van der Waals surface area (Å²) in [5, 5.41) is 3.99. The van der Waals surface area contributed by atoms with Crippen LogP contribution in [0.15, 0.2) is 4.79 Å². The second-order valence-corrected chi connectivity index (χ2v) is 2.53. The van der Waals surface area contributed by atoms with E-state index in [1.165, 1.54) is 4.68 Å². The normalized spacial score (nSPS) is 16.5. The predicted molar refractivity (Wildman–Crippen MR) is 37.1 cm³/mol. The Morgan fingerprint density at radius 2 is 2.45 bits per heavy atom. The smallest absolute Gasteiger partial charge is 0.345 e. The zero-order chi connectivity index (χ0) is 7.84. The Kier molecular flexibility index (Phi) is 1.32. The van der Waals surface area contributed by atoms with Gasteiger partial charge in [0, 0.05) is 7.05 Å². The molecule has 0 atom stereocenters. The maximum absolute atomic E-state index is 11.2. The number of hydrogen-bond acceptors (Lipinski definition) is 3. The molecule has 0 fully saturated rings. The van der Waals surface area contributed by atoms with Crippen LogP contribution in [0.4, 0.5) is 0 Å². The lowest BCUT2D eigenvalue weighted by Crippen LogP contribution is -2.27. The minimum atomic E-state index is -0.0525. The van der Waals surface area contributed by atoms with Crippen LogP contribution < -0.4 is 5.69 Å². The summed E-state index contributed by atoms with van der Waals surface area (Å²) in [5.41, 5.74) is -0.0525. The maximum Gasteiger partial charge on any atom is 0.345 e. The fraction of sp³-hybridized carbons (Fsp3) is 0.667. The highest BCUT2D eigenvalue weighted by Crippen LogP contribution is 2.01. The van der Waals surface area contributed by atoms with Gasteiger partial charge in [0.05, 0.1) is 13.2 Å². The molecule has 2 rings (SSSR count). The van der Waals surface area contributed by atoms with Crippen LogP contribution in [-0.4, -0.2) is 21.0 Å². The molecule has 1 aliphatic heterocycles. The van der Waals surface area contributed by atoms with Crippen molar-refractivity contribution in [3.05, 3.63) is 16.3 Å². The molecular weight excluding hydrogens is 146 g/mol. The van der Waals surface area contributed by atoms with Crippen LogP contribution in [0.2, 0.25) is 0 Å². The van der Waals surface area contributed by atoms with E-state index < -0.39 is 0 Å². The molecule has 0 saturated heterocycles. The topological polar surface area (TPSA) is 49.0 Å². The Hall–Kier alpha value is -1.10. The number of aromatic nitrogens is 3. The van der Waals surface area contributed by atoms with Crippen LogP contribution in [0.25, 0.3) is 0 Å². The van der Waals surface area contributed by atoms with Gasteiger partial charge in [0.25, 0.3) is 0 Å². The Morgan fingerprint density at radius 1 is 1.64 bits per heavy atom. The molecule has 1 aromatic heterocycles. The zero-order valence-corrected chi connectivity index (χ0v) is 6.28. The molecule has 0 aliphatic carbocycles. The lowest BCUT2D eigenvalue weighted by Gasteiger charge is -2.11. The van der Waals surface area contributed by atoms with E-state index in [0.29, 0.717) is 19.8 Å². The van der Waals surface area contributed by atoms with E-state index in [2.05, 4.69) is 5.10 Å². The number of fused-ring (bicyclic) bond motifs is 1. The lowest BCUT2D eigenvalue weighted by molar-refractivity contribution is 0.0805. The van der Waals surface area contributed by atoms with E-state index in [4.69, 9.17) is 4.74 Å². The van der Waals surface area contributed by atoms with E-state index in [1.807, 2.05) is 0 Å². The first-order valence-corrected chi connectivity index (χ1v) is 3.49. The Morgan fingerprint density at radius 3 is 3.18 bits per heavy atom. The molecule has 5 nitrogen and oxygen atoms in total. The second kappa shape index (κ2) is 2.20. The van der Waals surface area contributed by atoms with Crippen LogP contribution in [0, 0.1) is 0 Å². The van der Waals surface area contributed by atoms with Crippen LogP contribution >= 0.6 is 0 Å². The average Bonchev–Trinajstić information content (AvgIpc) is 2.30. The summed E-state index contributed by atoms with van der Waals surface area (Å²) in [6.07, 6.45) is 0. The first-order valence-electron chi connectivity index (χ1n) is 3.49. The molecule has 0 N–H and O–H groups in total. The average molecular weight is 155 g/mol. The minimum Gasteiger partial charge on any atom is -0.372 e. The fourth-order valence-electron chi connectivity index (χ4n) is 1.21. The van der Waals surface area contributed by atoms with Gasteiger partial charge in [0.15, 0.2) is 5.82 Å². The molecule has 0 unspecified atom stereocenters. The summed E-state index contributed by atoms with van der Waals surface area (Å²) in [6.45, 7) is 1.69. The number of nitrogens with zero attached hydrogens (tertiary/aromatic N) is 3. The van der Waals surface area contributed by atoms with Gasteiger partial charge in [-0.1, -0.05) is 0 Å². The third-order valence-corrected chi connectivity index (χ3v) is 1.78. The quantitative estimate of drug-likeness (QED) is 0.488. The Labute approximate surface area is 63.2 Å². The molecule has 0 bridgehead atoms. The van der Waals surface area contributed by atoms with Crippen molar-refractivity contribution >= 4 is 0 Å². The molecule has 0 aromatic carbocycles. The molecule has 0 radical (unpaired) electrons. The zero-order valence-electron chi connectivity index (χ0n) is 6.28. The van der Waals surface area contributed by atoms with Crippen LogP contribution in [-0.2, 0) is 24.9 Å². The van der Waals surface area contributed by atoms with Crippen molar-refractivity contribution in [2.45, 2.75) is 13.2 Å². The Balaban J connectivity index is 2.59. The minimum absolute atomic E-state index is 0.0525. The first-order chi connectivity index (χ1) is 5.29. The summed E-state index contributed by atoms with van der Waals surface area (Å²) in [6, 6.07) is 0. The summed E-state index contributed by atoms with van der Waals surface area (Å²) in [5.74, 6) is 0.726. The standard InChI is InChI=1S/C6H9N3O2/c1-8-6(10)9-2-3-11-4-5(9)7-8/h2-4H2,1H3. The molecule has 1 aliphatic rings. The van der Waals surface area contributed by atoms with Crippen LogP contribution in [0.3, 0.4) is 0 Å². The predicted octanol–water partition coefficient (Wildman–Crippen LogP) is -0.888. The molecule has 1 aromatic rings. The van der Waals surface area contributed by atoms with Gasteiger partial charge in [-0.25, -0.2) is 9.48 Å². The van der Waals surface area contributed by atoms with Crippen molar-refractivity contribution in [1.82, 2.24) is 14.3 Å². The van der Waals surface area contributed by atoms with Gasteiger partial charge in [-0.05, 0) is 0 Å². The van der Waals surface area contributed by atoms with Crippen LogP contribution in [0.1, 0.15) is 5.82 Å². The summed E-state index contributed by atoms with van der Waals surface area (Å²) in [7, 11) is 1.65. The van der Waals surface area contributed by atoms with Crippen molar-refractivity contribution < 1.29 is 4.74 Å². The monoisotopic (exact) mass is 155 g/mol. The van der Waals surface area contributed by atoms with Gasteiger partial charge in [0.2, 0.25) is 0 Å².